The predicted octanol–water partition coefficient (Wildman–Crippen LogP) is 3.30. The fraction of sp³-hybridized carbons (Fsp3) is 0.263. The van der Waals surface area contributed by atoms with Crippen molar-refractivity contribution in [3.8, 4) is 11.3 Å². The van der Waals surface area contributed by atoms with Crippen molar-refractivity contribution in [3.63, 3.8) is 0 Å². The Morgan fingerprint density at radius 2 is 1.92 bits per heavy atom. The summed E-state index contributed by atoms with van der Waals surface area (Å²) in [6.45, 7) is 3.37. The van der Waals surface area contributed by atoms with Crippen molar-refractivity contribution < 1.29 is 9.90 Å². The van der Waals surface area contributed by atoms with Crippen LogP contribution in [0.5, 0.6) is 0 Å². The van der Waals surface area contributed by atoms with Crippen molar-refractivity contribution in [2.75, 3.05) is 13.1 Å². The second-order valence-electron chi connectivity index (χ2n) is 5.81. The number of pyridine rings is 1. The normalized spacial score (nSPS) is 11.2. The summed E-state index contributed by atoms with van der Waals surface area (Å²) in [5, 5.41) is 9.17. The van der Waals surface area contributed by atoms with Crippen LogP contribution < -0.4 is 0 Å². The predicted molar refractivity (Wildman–Crippen MR) is 93.8 cm³/mol. The molecule has 0 amide bonds. The van der Waals surface area contributed by atoms with Gasteiger partial charge in [-0.1, -0.05) is 43.3 Å². The van der Waals surface area contributed by atoms with Crippen molar-refractivity contribution in [2.24, 2.45) is 0 Å². The minimum absolute atomic E-state index is 0.0299. The molecule has 2 heterocycles. The van der Waals surface area contributed by atoms with Crippen LogP contribution in [0.2, 0.25) is 0 Å². The number of carboxylic acid groups (broad SMARTS) is 1. The number of nitrogens with zero attached hydrogens (tertiary/aromatic N) is 3. The van der Waals surface area contributed by atoms with Crippen molar-refractivity contribution >= 4 is 11.6 Å². The van der Waals surface area contributed by atoms with Crippen LogP contribution in [-0.2, 0) is 11.3 Å². The second kappa shape index (κ2) is 7.27. The maximum Gasteiger partial charge on any atom is 0.317 e. The van der Waals surface area contributed by atoms with Gasteiger partial charge < -0.3 is 9.51 Å². The van der Waals surface area contributed by atoms with E-state index in [-0.39, 0.29) is 6.54 Å². The maximum atomic E-state index is 11.2. The molecule has 0 unspecified atom stereocenters. The van der Waals surface area contributed by atoms with Crippen molar-refractivity contribution in [1.82, 2.24) is 14.3 Å². The van der Waals surface area contributed by atoms with Crippen LogP contribution in [0.3, 0.4) is 0 Å². The average Bonchev–Trinajstić information content (AvgIpc) is 2.94. The lowest BCUT2D eigenvalue weighted by atomic mass is 10.1. The standard InChI is InChI=1S/C19H21N3O2/c1-2-11-21(14-18(23)24)13-16-19(15-8-4-3-5-9-15)20-17-10-6-7-12-22(16)17/h3-10,12H,2,11,13-14H2,1H3,(H,23,24). The van der Waals surface area contributed by atoms with Gasteiger partial charge in [-0.3, -0.25) is 9.69 Å². The van der Waals surface area contributed by atoms with Crippen LogP contribution in [0, 0.1) is 0 Å². The third kappa shape index (κ3) is 3.46. The fourth-order valence-corrected chi connectivity index (χ4v) is 2.96. The lowest BCUT2D eigenvalue weighted by Gasteiger charge is -2.20. The van der Waals surface area contributed by atoms with Gasteiger partial charge >= 0.3 is 5.97 Å². The zero-order chi connectivity index (χ0) is 16.9. The molecule has 5 nitrogen and oxygen atoms in total. The van der Waals surface area contributed by atoms with Crippen LogP contribution in [0.15, 0.2) is 54.7 Å². The number of carbonyl (C=O) groups is 1. The number of rotatable bonds is 7. The molecule has 0 saturated carbocycles. The number of carboxylic acids is 1. The molecule has 0 aliphatic heterocycles. The average molecular weight is 323 g/mol. The first-order chi connectivity index (χ1) is 11.7. The Morgan fingerprint density at radius 1 is 1.17 bits per heavy atom. The van der Waals surface area contributed by atoms with E-state index in [0.717, 1.165) is 35.6 Å². The Morgan fingerprint density at radius 3 is 2.62 bits per heavy atom. The molecule has 0 spiro atoms. The van der Waals surface area contributed by atoms with E-state index in [1.165, 1.54) is 0 Å². The Kier molecular flexibility index (Phi) is 4.91. The summed E-state index contributed by atoms with van der Waals surface area (Å²) in [7, 11) is 0. The summed E-state index contributed by atoms with van der Waals surface area (Å²) in [5.41, 5.74) is 3.85. The van der Waals surface area contributed by atoms with E-state index < -0.39 is 5.97 Å². The van der Waals surface area contributed by atoms with Crippen LogP contribution in [0.1, 0.15) is 19.0 Å². The Bertz CT molecular complexity index is 827. The van der Waals surface area contributed by atoms with Gasteiger partial charge in [0.05, 0.1) is 17.9 Å². The van der Waals surface area contributed by atoms with Crippen molar-refractivity contribution in [1.29, 1.82) is 0 Å². The summed E-state index contributed by atoms with van der Waals surface area (Å²) >= 11 is 0. The van der Waals surface area contributed by atoms with Gasteiger partial charge in [0.1, 0.15) is 5.65 Å². The van der Waals surface area contributed by atoms with E-state index in [4.69, 9.17) is 4.98 Å². The molecule has 0 radical (unpaired) electrons. The molecule has 0 fully saturated rings. The van der Waals surface area contributed by atoms with E-state index in [2.05, 4.69) is 6.92 Å². The molecule has 24 heavy (non-hydrogen) atoms. The summed E-state index contributed by atoms with van der Waals surface area (Å²) in [4.78, 5) is 17.9. The molecular formula is C19H21N3O2. The highest BCUT2D eigenvalue weighted by atomic mass is 16.4. The van der Waals surface area contributed by atoms with Gasteiger partial charge in [0.25, 0.3) is 0 Å². The molecule has 0 saturated heterocycles. The van der Waals surface area contributed by atoms with E-state index in [9.17, 15) is 9.90 Å². The smallest absolute Gasteiger partial charge is 0.317 e. The molecule has 5 heteroatoms. The number of aliphatic carboxylic acids is 1. The first kappa shape index (κ1) is 16.2. The molecule has 2 aromatic heterocycles. The van der Waals surface area contributed by atoms with E-state index in [0.29, 0.717) is 6.54 Å². The molecule has 124 valence electrons. The van der Waals surface area contributed by atoms with Gasteiger partial charge in [0.15, 0.2) is 0 Å². The molecule has 0 atom stereocenters. The summed E-state index contributed by atoms with van der Waals surface area (Å²) in [6.07, 6.45) is 2.89. The van der Waals surface area contributed by atoms with Crippen LogP contribution in [-0.4, -0.2) is 38.4 Å². The van der Waals surface area contributed by atoms with Gasteiger partial charge in [-0.05, 0) is 25.1 Å². The summed E-state index contributed by atoms with van der Waals surface area (Å²) in [5.74, 6) is -0.807. The number of hydrogen-bond donors (Lipinski definition) is 1. The van der Waals surface area contributed by atoms with Crippen LogP contribution in [0.4, 0.5) is 0 Å². The highest BCUT2D eigenvalue weighted by molar-refractivity contribution is 5.69. The van der Waals surface area contributed by atoms with Gasteiger partial charge in [-0.25, -0.2) is 4.98 Å². The van der Waals surface area contributed by atoms with Crippen LogP contribution in [0.25, 0.3) is 16.9 Å². The molecule has 0 aliphatic carbocycles. The lowest BCUT2D eigenvalue weighted by molar-refractivity contribution is -0.138. The maximum absolute atomic E-state index is 11.2. The number of hydrogen-bond acceptors (Lipinski definition) is 3. The number of imidazole rings is 1. The SMILES string of the molecule is CCCN(CC(=O)O)Cc1c(-c2ccccc2)nc2ccccn12. The number of aromatic nitrogens is 2. The molecule has 1 aromatic carbocycles. The lowest BCUT2D eigenvalue weighted by Crippen LogP contribution is -2.30. The number of fused-ring (bicyclic) bond motifs is 1. The van der Waals surface area contributed by atoms with E-state index in [1.54, 1.807) is 0 Å². The molecule has 3 aromatic rings. The third-order valence-corrected chi connectivity index (χ3v) is 3.95. The first-order valence-electron chi connectivity index (χ1n) is 8.14. The Hall–Kier alpha value is -2.66. The highest BCUT2D eigenvalue weighted by Gasteiger charge is 2.18. The second-order valence-corrected chi connectivity index (χ2v) is 5.81. The molecule has 1 N–H and O–H groups in total. The minimum atomic E-state index is -0.807. The van der Waals surface area contributed by atoms with Crippen molar-refractivity contribution in [3.05, 3.63) is 60.4 Å². The van der Waals surface area contributed by atoms with Gasteiger partial charge in [-0.2, -0.15) is 0 Å². The van der Waals surface area contributed by atoms with Crippen molar-refractivity contribution in [2.45, 2.75) is 19.9 Å². The quantitative estimate of drug-likeness (QED) is 0.725. The molecule has 0 bridgehead atoms. The van der Waals surface area contributed by atoms with Gasteiger partial charge in [0.2, 0.25) is 0 Å². The molecule has 0 aliphatic rings. The van der Waals surface area contributed by atoms with E-state index in [1.807, 2.05) is 64.0 Å². The molecular weight excluding hydrogens is 302 g/mol. The van der Waals surface area contributed by atoms with Gasteiger partial charge in [-0.15, -0.1) is 0 Å². The highest BCUT2D eigenvalue weighted by Crippen LogP contribution is 2.25. The number of benzene rings is 1. The Labute approximate surface area is 141 Å². The zero-order valence-corrected chi connectivity index (χ0v) is 13.7. The molecule has 3 rings (SSSR count). The largest absolute Gasteiger partial charge is 0.480 e. The zero-order valence-electron chi connectivity index (χ0n) is 13.7. The summed E-state index contributed by atoms with van der Waals surface area (Å²) in [6, 6.07) is 15.9. The first-order valence-corrected chi connectivity index (χ1v) is 8.14. The topological polar surface area (TPSA) is 57.8 Å². The van der Waals surface area contributed by atoms with Gasteiger partial charge in [0, 0.05) is 18.3 Å². The van der Waals surface area contributed by atoms with Crippen LogP contribution >= 0.6 is 0 Å². The fourth-order valence-electron chi connectivity index (χ4n) is 2.96. The summed E-state index contributed by atoms with van der Waals surface area (Å²) < 4.78 is 2.05. The minimum Gasteiger partial charge on any atom is -0.480 e. The Balaban J connectivity index is 2.05. The third-order valence-electron chi connectivity index (χ3n) is 3.95. The van der Waals surface area contributed by atoms with E-state index >= 15 is 0 Å². The monoisotopic (exact) mass is 323 g/mol.